The number of hydrogen-bond donors (Lipinski definition) is 3. The number of pyridine rings is 1. The highest BCUT2D eigenvalue weighted by atomic mass is 16.5. The summed E-state index contributed by atoms with van der Waals surface area (Å²) >= 11 is 0. The van der Waals surface area contributed by atoms with Crippen LogP contribution in [0.25, 0.3) is 11.3 Å². The molecule has 4 aromatic rings. The monoisotopic (exact) mass is 444 g/mol. The molecule has 2 aromatic carbocycles. The molecule has 0 fully saturated rings. The summed E-state index contributed by atoms with van der Waals surface area (Å²) in [6.45, 7) is 0. The number of benzene rings is 2. The number of nitrogens with two attached hydrogens (primary N) is 1. The number of carbonyl (C=O) groups excluding carboxylic acids is 1. The lowest BCUT2D eigenvalue weighted by Gasteiger charge is -2.23. The van der Waals surface area contributed by atoms with Gasteiger partial charge in [0.05, 0.1) is 13.2 Å². The third kappa shape index (κ3) is 5.19. The second-order valence-electron chi connectivity index (χ2n) is 7.52. The van der Waals surface area contributed by atoms with E-state index in [1.165, 1.54) is 0 Å². The highest BCUT2D eigenvalue weighted by Gasteiger charge is 2.24. The molecule has 4 rings (SSSR count). The minimum absolute atomic E-state index is 0.0680. The third-order valence-corrected chi connectivity index (χ3v) is 5.32. The summed E-state index contributed by atoms with van der Waals surface area (Å²) in [7, 11) is 1.58. The smallest absolute Gasteiger partial charge is 0.273 e. The minimum Gasteiger partial charge on any atom is -0.508 e. The van der Waals surface area contributed by atoms with Gasteiger partial charge in [0.2, 0.25) is 0 Å². The molecule has 2 aromatic heterocycles. The summed E-state index contributed by atoms with van der Waals surface area (Å²) in [6.07, 6.45) is 3.70. The number of nitrogens with one attached hydrogen (secondary N) is 1. The van der Waals surface area contributed by atoms with Crippen LogP contribution < -0.4 is 15.8 Å². The lowest BCUT2D eigenvalue weighted by molar-refractivity contribution is 0.0923. The van der Waals surface area contributed by atoms with E-state index in [0.717, 1.165) is 11.1 Å². The Morgan fingerprint density at radius 3 is 2.76 bits per heavy atom. The summed E-state index contributed by atoms with van der Waals surface area (Å²) in [5.41, 5.74) is 8.62. The number of rotatable bonds is 8. The van der Waals surface area contributed by atoms with Gasteiger partial charge in [-0.05, 0) is 36.2 Å². The maximum Gasteiger partial charge on any atom is 0.273 e. The highest BCUT2D eigenvalue weighted by molar-refractivity contribution is 5.93. The summed E-state index contributed by atoms with van der Waals surface area (Å²) in [6, 6.07) is 18.4. The van der Waals surface area contributed by atoms with Crippen molar-refractivity contribution < 1.29 is 19.2 Å². The SMILES string of the molecule is COc1cccc(-c2cc(C(=O)NC(CC(N)c3cccnc3)c3ccccc3O)no2)c1. The predicted octanol–water partition coefficient (Wildman–Crippen LogP) is 4.01. The van der Waals surface area contributed by atoms with Gasteiger partial charge in [0.1, 0.15) is 11.5 Å². The quantitative estimate of drug-likeness (QED) is 0.375. The minimum atomic E-state index is -0.564. The Hall–Kier alpha value is -4.17. The molecule has 0 aliphatic rings. The molecule has 2 atom stereocenters. The number of methoxy groups -OCH3 is 1. The molecule has 1 amide bonds. The molecule has 33 heavy (non-hydrogen) atoms. The summed E-state index contributed by atoms with van der Waals surface area (Å²) < 4.78 is 10.6. The van der Waals surface area contributed by atoms with Crippen molar-refractivity contribution in [1.82, 2.24) is 15.5 Å². The van der Waals surface area contributed by atoms with E-state index in [2.05, 4.69) is 15.5 Å². The molecule has 0 aliphatic carbocycles. The van der Waals surface area contributed by atoms with E-state index in [1.54, 1.807) is 62.0 Å². The zero-order valence-electron chi connectivity index (χ0n) is 18.0. The van der Waals surface area contributed by atoms with Gasteiger partial charge in [-0.15, -0.1) is 0 Å². The van der Waals surface area contributed by atoms with Crippen molar-refractivity contribution in [2.24, 2.45) is 5.73 Å². The maximum absolute atomic E-state index is 13.0. The molecule has 8 nitrogen and oxygen atoms in total. The zero-order chi connectivity index (χ0) is 23.2. The van der Waals surface area contributed by atoms with Crippen LogP contribution in [0.3, 0.4) is 0 Å². The van der Waals surface area contributed by atoms with Crippen molar-refractivity contribution in [3.8, 4) is 22.8 Å². The standard InChI is InChI=1S/C25H24N4O4/c1-32-18-8-4-6-16(12-18)24-14-22(29-33-24)25(31)28-21(19-9-2-3-10-23(19)30)13-20(26)17-7-5-11-27-15-17/h2-12,14-15,20-21,30H,13,26H2,1H3,(H,28,31). The van der Waals surface area contributed by atoms with Crippen molar-refractivity contribution >= 4 is 5.91 Å². The number of phenols is 1. The first kappa shape index (κ1) is 22.0. The number of aromatic hydroxyl groups is 1. The van der Waals surface area contributed by atoms with Crippen molar-refractivity contribution in [2.75, 3.05) is 7.11 Å². The fourth-order valence-electron chi connectivity index (χ4n) is 3.56. The molecule has 0 saturated carbocycles. The van der Waals surface area contributed by atoms with Crippen LogP contribution in [0.5, 0.6) is 11.5 Å². The van der Waals surface area contributed by atoms with Crippen LogP contribution in [-0.4, -0.2) is 28.3 Å². The molecule has 0 bridgehead atoms. The van der Waals surface area contributed by atoms with Crippen molar-refractivity contribution in [1.29, 1.82) is 0 Å². The first-order valence-electron chi connectivity index (χ1n) is 10.4. The van der Waals surface area contributed by atoms with Crippen LogP contribution in [0, 0.1) is 0 Å². The van der Waals surface area contributed by atoms with E-state index >= 15 is 0 Å². The molecule has 2 heterocycles. The van der Waals surface area contributed by atoms with Gasteiger partial charge < -0.3 is 25.4 Å². The average Bonchev–Trinajstić information content (AvgIpc) is 3.35. The third-order valence-electron chi connectivity index (χ3n) is 5.32. The Bertz CT molecular complexity index is 1230. The van der Waals surface area contributed by atoms with E-state index in [-0.39, 0.29) is 11.4 Å². The zero-order valence-corrected chi connectivity index (χ0v) is 18.0. The predicted molar refractivity (Wildman–Crippen MR) is 123 cm³/mol. The number of aromatic nitrogens is 2. The van der Waals surface area contributed by atoms with E-state index in [4.69, 9.17) is 15.0 Å². The summed E-state index contributed by atoms with van der Waals surface area (Å²) in [5, 5.41) is 17.3. The molecule has 0 saturated heterocycles. The highest BCUT2D eigenvalue weighted by Crippen LogP contribution is 2.31. The Labute approximate surface area is 191 Å². The number of amides is 1. The van der Waals surface area contributed by atoms with E-state index in [1.807, 2.05) is 24.3 Å². The van der Waals surface area contributed by atoms with Crippen LogP contribution in [0.2, 0.25) is 0 Å². The molecule has 168 valence electrons. The van der Waals surface area contributed by atoms with Gasteiger partial charge in [-0.25, -0.2) is 0 Å². The van der Waals surface area contributed by atoms with Gasteiger partial charge in [-0.1, -0.05) is 41.6 Å². The molecule has 8 heteroatoms. The Morgan fingerprint density at radius 1 is 1.15 bits per heavy atom. The number of ether oxygens (including phenoxy) is 1. The Kier molecular flexibility index (Phi) is 6.66. The Balaban J connectivity index is 1.56. The van der Waals surface area contributed by atoms with Gasteiger partial charge in [0, 0.05) is 35.6 Å². The lowest BCUT2D eigenvalue weighted by Crippen LogP contribution is -2.31. The van der Waals surface area contributed by atoms with E-state index < -0.39 is 18.0 Å². The van der Waals surface area contributed by atoms with Gasteiger partial charge >= 0.3 is 0 Å². The van der Waals surface area contributed by atoms with Crippen LogP contribution in [-0.2, 0) is 0 Å². The molecule has 0 spiro atoms. The van der Waals surface area contributed by atoms with Crippen molar-refractivity contribution in [3.05, 3.63) is 95.9 Å². The largest absolute Gasteiger partial charge is 0.508 e. The summed E-state index contributed by atoms with van der Waals surface area (Å²) in [5.74, 6) is 0.724. The van der Waals surface area contributed by atoms with Crippen LogP contribution in [0.1, 0.15) is 40.1 Å². The topological polar surface area (TPSA) is 124 Å². The normalized spacial score (nSPS) is 12.7. The number of para-hydroxylation sites is 1. The molecule has 4 N–H and O–H groups in total. The molecule has 0 aliphatic heterocycles. The van der Waals surface area contributed by atoms with Crippen molar-refractivity contribution in [3.63, 3.8) is 0 Å². The summed E-state index contributed by atoms with van der Waals surface area (Å²) in [4.78, 5) is 17.1. The van der Waals surface area contributed by atoms with E-state index in [9.17, 15) is 9.90 Å². The molecule has 2 unspecified atom stereocenters. The number of carbonyl (C=O) groups is 1. The van der Waals surface area contributed by atoms with Crippen LogP contribution in [0.4, 0.5) is 0 Å². The fourth-order valence-corrected chi connectivity index (χ4v) is 3.56. The van der Waals surface area contributed by atoms with Gasteiger partial charge in [0.15, 0.2) is 11.5 Å². The maximum atomic E-state index is 13.0. The van der Waals surface area contributed by atoms with Gasteiger partial charge in [-0.3, -0.25) is 9.78 Å². The first-order chi connectivity index (χ1) is 16.0. The average molecular weight is 444 g/mol. The fraction of sp³-hybridized carbons (Fsp3) is 0.160. The second kappa shape index (κ2) is 9.97. The van der Waals surface area contributed by atoms with Crippen LogP contribution in [0.15, 0.2) is 83.6 Å². The second-order valence-corrected chi connectivity index (χ2v) is 7.52. The number of phenolic OH excluding ortho intramolecular Hbond substituents is 1. The first-order valence-corrected chi connectivity index (χ1v) is 10.4. The molecule has 0 radical (unpaired) electrons. The Morgan fingerprint density at radius 2 is 2.00 bits per heavy atom. The van der Waals surface area contributed by atoms with Gasteiger partial charge in [0.25, 0.3) is 5.91 Å². The molecular formula is C25H24N4O4. The molecular weight excluding hydrogens is 420 g/mol. The van der Waals surface area contributed by atoms with Crippen molar-refractivity contribution in [2.45, 2.75) is 18.5 Å². The van der Waals surface area contributed by atoms with Gasteiger partial charge in [-0.2, -0.15) is 0 Å². The number of hydrogen-bond acceptors (Lipinski definition) is 7. The van der Waals surface area contributed by atoms with Crippen LogP contribution >= 0.6 is 0 Å². The number of nitrogens with zero attached hydrogens (tertiary/aromatic N) is 2. The van der Waals surface area contributed by atoms with E-state index in [0.29, 0.717) is 23.5 Å². The lowest BCUT2D eigenvalue weighted by atomic mass is 9.95.